The molecule has 0 bridgehead atoms. The van der Waals surface area contributed by atoms with Gasteiger partial charge < -0.3 is 5.32 Å². The number of hydrogen-bond acceptors (Lipinski definition) is 1. The van der Waals surface area contributed by atoms with Crippen LogP contribution in [0.5, 0.6) is 0 Å². The summed E-state index contributed by atoms with van der Waals surface area (Å²) in [5.74, 6) is 0.411. The van der Waals surface area contributed by atoms with Crippen molar-refractivity contribution in [1.29, 1.82) is 0 Å². The molecule has 2 nitrogen and oxygen atoms in total. The lowest BCUT2D eigenvalue weighted by Gasteiger charge is -2.06. The van der Waals surface area contributed by atoms with Crippen LogP contribution in [0.1, 0.15) is 41.3 Å². The molecule has 1 aliphatic carbocycles. The maximum absolute atomic E-state index is 12.3. The summed E-state index contributed by atoms with van der Waals surface area (Å²) in [4.78, 5) is 12.3. The third-order valence-corrected chi connectivity index (χ3v) is 4.59. The topological polar surface area (TPSA) is 29.1 Å². The first-order valence-electron chi connectivity index (χ1n) is 7.42. The van der Waals surface area contributed by atoms with Crippen LogP contribution >= 0.6 is 0 Å². The van der Waals surface area contributed by atoms with Crippen molar-refractivity contribution in [3.63, 3.8) is 0 Å². The summed E-state index contributed by atoms with van der Waals surface area (Å²) in [6, 6.07) is 18.2. The number of rotatable bonds is 3. The molecule has 2 aromatic rings. The van der Waals surface area contributed by atoms with E-state index in [0.29, 0.717) is 5.92 Å². The van der Waals surface area contributed by atoms with E-state index in [0.717, 1.165) is 5.56 Å². The van der Waals surface area contributed by atoms with Crippen molar-refractivity contribution in [2.24, 2.45) is 5.41 Å². The average molecular weight is 279 g/mol. The van der Waals surface area contributed by atoms with Gasteiger partial charge in [0.2, 0.25) is 0 Å². The van der Waals surface area contributed by atoms with Crippen molar-refractivity contribution in [3.8, 4) is 0 Å². The fourth-order valence-corrected chi connectivity index (χ4v) is 3.12. The maximum Gasteiger partial charge on any atom is 0.251 e. The van der Waals surface area contributed by atoms with E-state index in [1.54, 1.807) is 0 Å². The van der Waals surface area contributed by atoms with Gasteiger partial charge in [-0.15, -0.1) is 0 Å². The Bertz CT molecular complexity index is 643. The molecule has 0 heterocycles. The second kappa shape index (κ2) is 5.03. The van der Waals surface area contributed by atoms with Crippen molar-refractivity contribution in [3.05, 3.63) is 71.3 Å². The Morgan fingerprint density at radius 1 is 1.00 bits per heavy atom. The summed E-state index contributed by atoms with van der Waals surface area (Å²) in [6.45, 7) is 6.53. The number of aryl methyl sites for hydroxylation is 1. The Morgan fingerprint density at radius 2 is 1.62 bits per heavy atom. The Labute approximate surface area is 126 Å². The van der Waals surface area contributed by atoms with Crippen LogP contribution in [-0.2, 0) is 0 Å². The minimum Gasteiger partial charge on any atom is -0.348 e. The van der Waals surface area contributed by atoms with Crippen LogP contribution in [0.2, 0.25) is 0 Å². The van der Waals surface area contributed by atoms with Crippen LogP contribution in [0, 0.1) is 12.3 Å². The highest BCUT2D eigenvalue weighted by atomic mass is 16.1. The van der Waals surface area contributed by atoms with Gasteiger partial charge in [-0.2, -0.15) is 0 Å². The van der Waals surface area contributed by atoms with Gasteiger partial charge >= 0.3 is 0 Å². The van der Waals surface area contributed by atoms with Crippen molar-refractivity contribution < 1.29 is 4.79 Å². The summed E-state index contributed by atoms with van der Waals surface area (Å²) in [7, 11) is 0. The van der Waals surface area contributed by atoms with Gasteiger partial charge in [0.15, 0.2) is 0 Å². The average Bonchev–Trinajstić information content (AvgIpc) is 3.02. The lowest BCUT2D eigenvalue weighted by molar-refractivity contribution is 0.0946. The third kappa shape index (κ3) is 2.58. The Kier molecular flexibility index (Phi) is 3.32. The third-order valence-electron chi connectivity index (χ3n) is 4.59. The van der Waals surface area contributed by atoms with E-state index in [-0.39, 0.29) is 17.4 Å². The molecule has 3 rings (SSSR count). The molecule has 0 spiro atoms. The predicted octanol–water partition coefficient (Wildman–Crippen LogP) is 3.92. The van der Waals surface area contributed by atoms with Crippen molar-refractivity contribution >= 4 is 5.91 Å². The number of amides is 1. The van der Waals surface area contributed by atoms with Gasteiger partial charge in [-0.1, -0.05) is 61.9 Å². The quantitative estimate of drug-likeness (QED) is 0.906. The van der Waals surface area contributed by atoms with E-state index in [1.807, 2.05) is 30.3 Å². The lowest BCUT2D eigenvalue weighted by atomic mass is 10.0. The number of nitrogens with one attached hydrogen (secondary N) is 1. The summed E-state index contributed by atoms with van der Waals surface area (Å²) >= 11 is 0. The number of carbonyl (C=O) groups is 1. The molecule has 0 aliphatic heterocycles. The van der Waals surface area contributed by atoms with Gasteiger partial charge in [0.1, 0.15) is 0 Å². The SMILES string of the molecule is Cc1ccc([C@@H]2[C@@H](NC(=O)c3ccccc3)C2(C)C)cc1. The fourth-order valence-electron chi connectivity index (χ4n) is 3.12. The molecule has 0 aromatic heterocycles. The van der Waals surface area contributed by atoms with E-state index in [1.165, 1.54) is 11.1 Å². The van der Waals surface area contributed by atoms with E-state index in [9.17, 15) is 4.79 Å². The van der Waals surface area contributed by atoms with Gasteiger partial charge in [-0.05, 0) is 30.0 Å². The molecular formula is C19H21NO. The Balaban J connectivity index is 1.75. The minimum absolute atomic E-state index is 0.0169. The van der Waals surface area contributed by atoms with Crippen LogP contribution in [0.15, 0.2) is 54.6 Å². The molecule has 1 N–H and O–H groups in total. The molecule has 1 aliphatic rings. The normalized spacial score (nSPS) is 22.6. The van der Waals surface area contributed by atoms with Crippen LogP contribution in [0.25, 0.3) is 0 Å². The van der Waals surface area contributed by atoms with Crippen molar-refractivity contribution in [2.45, 2.75) is 32.7 Å². The largest absolute Gasteiger partial charge is 0.348 e. The number of carbonyl (C=O) groups excluding carboxylic acids is 1. The Hall–Kier alpha value is -2.09. The lowest BCUT2D eigenvalue weighted by Crippen LogP contribution is -2.28. The molecule has 2 aromatic carbocycles. The standard InChI is InChI=1S/C19H21NO/c1-13-9-11-14(12-10-13)16-17(19(16,2)3)20-18(21)15-7-5-4-6-8-15/h4-12,16-17H,1-3H3,(H,20,21)/t16-,17-/m1/s1. The monoisotopic (exact) mass is 279 g/mol. The number of benzene rings is 2. The first-order valence-corrected chi connectivity index (χ1v) is 7.42. The van der Waals surface area contributed by atoms with Crippen LogP contribution < -0.4 is 5.32 Å². The van der Waals surface area contributed by atoms with Crippen LogP contribution in [0.4, 0.5) is 0 Å². The highest BCUT2D eigenvalue weighted by molar-refractivity contribution is 5.94. The zero-order valence-electron chi connectivity index (χ0n) is 12.8. The zero-order chi connectivity index (χ0) is 15.0. The smallest absolute Gasteiger partial charge is 0.251 e. The first-order chi connectivity index (χ1) is 10.00. The predicted molar refractivity (Wildman–Crippen MR) is 85.4 cm³/mol. The minimum atomic E-state index is 0.0169. The molecule has 108 valence electrons. The van der Waals surface area contributed by atoms with E-state index in [2.05, 4.69) is 50.4 Å². The molecule has 21 heavy (non-hydrogen) atoms. The maximum atomic E-state index is 12.3. The second-order valence-corrected chi connectivity index (χ2v) is 6.53. The van der Waals surface area contributed by atoms with E-state index >= 15 is 0 Å². The summed E-state index contributed by atoms with van der Waals surface area (Å²) < 4.78 is 0. The van der Waals surface area contributed by atoms with E-state index < -0.39 is 0 Å². The molecule has 2 atom stereocenters. The molecule has 0 radical (unpaired) electrons. The van der Waals surface area contributed by atoms with Gasteiger partial charge in [-0.25, -0.2) is 0 Å². The molecule has 2 heteroatoms. The molecule has 1 amide bonds. The Morgan fingerprint density at radius 3 is 2.24 bits per heavy atom. The molecule has 0 unspecified atom stereocenters. The van der Waals surface area contributed by atoms with Gasteiger partial charge in [0.05, 0.1) is 0 Å². The van der Waals surface area contributed by atoms with Gasteiger partial charge in [0, 0.05) is 17.5 Å². The van der Waals surface area contributed by atoms with Crippen molar-refractivity contribution in [1.82, 2.24) is 5.32 Å². The summed E-state index contributed by atoms with van der Waals surface area (Å²) in [5, 5.41) is 3.18. The zero-order valence-corrected chi connectivity index (χ0v) is 12.8. The summed E-state index contributed by atoms with van der Waals surface area (Å²) in [5.41, 5.74) is 3.41. The van der Waals surface area contributed by atoms with Gasteiger partial charge in [0.25, 0.3) is 5.91 Å². The van der Waals surface area contributed by atoms with Crippen LogP contribution in [0.3, 0.4) is 0 Å². The fraction of sp³-hybridized carbons (Fsp3) is 0.316. The van der Waals surface area contributed by atoms with Crippen molar-refractivity contribution in [2.75, 3.05) is 0 Å². The first kappa shape index (κ1) is 13.9. The van der Waals surface area contributed by atoms with Crippen LogP contribution in [-0.4, -0.2) is 11.9 Å². The highest BCUT2D eigenvalue weighted by Crippen LogP contribution is 2.58. The molecule has 1 saturated carbocycles. The molecule has 0 saturated heterocycles. The highest BCUT2D eigenvalue weighted by Gasteiger charge is 2.59. The number of hydrogen-bond donors (Lipinski definition) is 1. The van der Waals surface area contributed by atoms with Gasteiger partial charge in [-0.3, -0.25) is 4.79 Å². The molecule has 1 fully saturated rings. The molecular weight excluding hydrogens is 258 g/mol. The summed E-state index contributed by atoms with van der Waals surface area (Å²) in [6.07, 6.45) is 0. The second-order valence-electron chi connectivity index (χ2n) is 6.53. The van der Waals surface area contributed by atoms with E-state index in [4.69, 9.17) is 0 Å².